The zero-order valence-corrected chi connectivity index (χ0v) is 18.8. The first-order valence-electron chi connectivity index (χ1n) is 11.1. The number of aliphatic carboxylic acids is 1. The molecule has 0 aliphatic rings. The molecule has 0 saturated heterocycles. The summed E-state index contributed by atoms with van der Waals surface area (Å²) >= 11 is 0. The lowest BCUT2D eigenvalue weighted by Gasteiger charge is -2.26. The molecule has 0 unspecified atom stereocenters. The summed E-state index contributed by atoms with van der Waals surface area (Å²) in [7, 11) is 0. The lowest BCUT2D eigenvalue weighted by Crippen LogP contribution is -2.37. The number of anilines is 1. The van der Waals surface area contributed by atoms with E-state index in [0.29, 0.717) is 25.1 Å². The molecule has 0 radical (unpaired) electrons. The Hall–Kier alpha value is -4.13. The Kier molecular flexibility index (Phi) is 8.80. The van der Waals surface area contributed by atoms with Crippen LogP contribution >= 0.6 is 0 Å². The number of carbonyl (C=O) groups excluding carboxylic acids is 1. The number of aromatic carboxylic acids is 1. The van der Waals surface area contributed by atoms with Crippen LogP contribution in [0, 0.1) is 0 Å². The summed E-state index contributed by atoms with van der Waals surface area (Å²) in [6.45, 7) is 0.672. The van der Waals surface area contributed by atoms with Gasteiger partial charge in [-0.05, 0) is 42.2 Å². The Morgan fingerprint density at radius 2 is 1.41 bits per heavy atom. The first-order valence-corrected chi connectivity index (χ1v) is 11.1. The molecule has 0 saturated carbocycles. The number of hydrogen-bond donors (Lipinski definition) is 3. The molecule has 0 aliphatic heterocycles. The van der Waals surface area contributed by atoms with Crippen molar-refractivity contribution in [2.45, 2.75) is 25.2 Å². The van der Waals surface area contributed by atoms with E-state index in [2.05, 4.69) is 29.6 Å². The van der Waals surface area contributed by atoms with Gasteiger partial charge in [-0.3, -0.25) is 4.79 Å². The lowest BCUT2D eigenvalue weighted by atomic mass is 9.88. The predicted molar refractivity (Wildman–Crippen MR) is 130 cm³/mol. The predicted octanol–water partition coefficient (Wildman–Crippen LogP) is 5.31. The smallest absolute Gasteiger partial charge is 0.335 e. The molecule has 0 aliphatic carbocycles. The molecule has 0 atom stereocenters. The normalized spacial score (nSPS) is 10.6. The van der Waals surface area contributed by atoms with Crippen LogP contribution in [0.1, 0.15) is 46.7 Å². The summed E-state index contributed by atoms with van der Waals surface area (Å²) in [6, 6.07) is 25.7. The van der Waals surface area contributed by atoms with Gasteiger partial charge >= 0.3 is 18.0 Å². The third kappa shape index (κ3) is 7.20. The second-order valence-electron chi connectivity index (χ2n) is 7.96. The minimum absolute atomic E-state index is 0.0426. The molecule has 0 heterocycles. The van der Waals surface area contributed by atoms with E-state index >= 15 is 0 Å². The molecule has 7 heteroatoms. The van der Waals surface area contributed by atoms with Crippen molar-refractivity contribution in [1.29, 1.82) is 0 Å². The number of rotatable bonds is 11. The van der Waals surface area contributed by atoms with Gasteiger partial charge in [0.05, 0.1) is 5.56 Å². The van der Waals surface area contributed by atoms with Gasteiger partial charge in [0, 0.05) is 31.1 Å². The number of carboxylic acid groups (broad SMARTS) is 2. The van der Waals surface area contributed by atoms with E-state index in [4.69, 9.17) is 5.11 Å². The number of nitrogens with zero attached hydrogens (tertiary/aromatic N) is 1. The molecular formula is C27H28N2O5. The van der Waals surface area contributed by atoms with Crippen molar-refractivity contribution >= 4 is 23.7 Å². The van der Waals surface area contributed by atoms with E-state index in [-0.39, 0.29) is 24.4 Å². The highest BCUT2D eigenvalue weighted by Crippen LogP contribution is 2.28. The van der Waals surface area contributed by atoms with Gasteiger partial charge in [0.15, 0.2) is 0 Å². The van der Waals surface area contributed by atoms with Crippen LogP contribution in [0.2, 0.25) is 0 Å². The van der Waals surface area contributed by atoms with Crippen LogP contribution < -0.4 is 5.32 Å². The second kappa shape index (κ2) is 12.2. The molecule has 0 spiro atoms. The molecule has 2 amide bonds. The minimum atomic E-state index is -1.08. The number of benzene rings is 3. The summed E-state index contributed by atoms with van der Waals surface area (Å²) in [5.41, 5.74) is 2.71. The average molecular weight is 461 g/mol. The summed E-state index contributed by atoms with van der Waals surface area (Å²) < 4.78 is 0. The van der Waals surface area contributed by atoms with E-state index in [0.717, 1.165) is 11.1 Å². The Bertz CT molecular complexity index is 1060. The monoisotopic (exact) mass is 460 g/mol. The van der Waals surface area contributed by atoms with Crippen LogP contribution in [-0.2, 0) is 4.79 Å². The van der Waals surface area contributed by atoms with Gasteiger partial charge < -0.3 is 20.4 Å². The Labute approximate surface area is 198 Å². The van der Waals surface area contributed by atoms with Gasteiger partial charge in [0.1, 0.15) is 0 Å². The quantitative estimate of drug-likeness (QED) is 0.360. The first kappa shape index (κ1) is 24.5. The van der Waals surface area contributed by atoms with Crippen molar-refractivity contribution in [3.8, 4) is 0 Å². The summed E-state index contributed by atoms with van der Waals surface area (Å²) in [6.07, 6.45) is 0.919. The van der Waals surface area contributed by atoms with Crippen molar-refractivity contribution in [2.24, 2.45) is 0 Å². The first-order chi connectivity index (χ1) is 16.4. The fourth-order valence-corrected chi connectivity index (χ4v) is 3.85. The van der Waals surface area contributed by atoms with E-state index < -0.39 is 18.0 Å². The van der Waals surface area contributed by atoms with Crippen molar-refractivity contribution < 1.29 is 24.6 Å². The van der Waals surface area contributed by atoms with Crippen LogP contribution in [0.3, 0.4) is 0 Å². The molecule has 3 aromatic carbocycles. The Morgan fingerprint density at radius 1 is 0.794 bits per heavy atom. The molecule has 3 N–H and O–H groups in total. The molecule has 0 bridgehead atoms. The number of nitrogens with one attached hydrogen (secondary N) is 1. The van der Waals surface area contributed by atoms with Crippen molar-refractivity contribution in [3.05, 3.63) is 102 Å². The van der Waals surface area contributed by atoms with Gasteiger partial charge in [-0.25, -0.2) is 9.59 Å². The van der Waals surface area contributed by atoms with E-state index in [9.17, 15) is 19.5 Å². The maximum atomic E-state index is 13.1. The van der Waals surface area contributed by atoms with Gasteiger partial charge in [0.2, 0.25) is 0 Å². The van der Waals surface area contributed by atoms with E-state index in [1.165, 1.54) is 12.1 Å². The highest BCUT2D eigenvalue weighted by molar-refractivity contribution is 5.93. The van der Waals surface area contributed by atoms with Gasteiger partial charge in [0.25, 0.3) is 0 Å². The Morgan fingerprint density at radius 3 is 1.97 bits per heavy atom. The summed E-state index contributed by atoms with van der Waals surface area (Å²) in [5, 5.41) is 21.0. The van der Waals surface area contributed by atoms with Crippen LogP contribution in [-0.4, -0.2) is 46.2 Å². The maximum Gasteiger partial charge on any atom is 0.335 e. The molecule has 0 fully saturated rings. The van der Waals surface area contributed by atoms with Crippen molar-refractivity contribution in [1.82, 2.24) is 4.90 Å². The Balaban J connectivity index is 1.77. The highest BCUT2D eigenvalue weighted by atomic mass is 16.4. The van der Waals surface area contributed by atoms with E-state index in [1.807, 2.05) is 36.4 Å². The number of amides is 2. The van der Waals surface area contributed by atoms with Crippen LogP contribution in [0.4, 0.5) is 10.5 Å². The van der Waals surface area contributed by atoms with Crippen molar-refractivity contribution in [3.63, 3.8) is 0 Å². The average Bonchev–Trinajstić information content (AvgIpc) is 2.84. The SMILES string of the molecule is O=C(O)CCCN(CCC(c1ccccc1)c1ccccc1)C(=O)Nc1cccc(C(=O)O)c1. The molecule has 3 aromatic rings. The third-order valence-corrected chi connectivity index (χ3v) is 5.56. The third-order valence-electron chi connectivity index (χ3n) is 5.56. The topological polar surface area (TPSA) is 107 Å². The van der Waals surface area contributed by atoms with Crippen LogP contribution in [0.5, 0.6) is 0 Å². The minimum Gasteiger partial charge on any atom is -0.481 e. The lowest BCUT2D eigenvalue weighted by molar-refractivity contribution is -0.137. The zero-order chi connectivity index (χ0) is 24.3. The standard InChI is InChI=1S/C27H28N2O5/c30-25(31)15-8-17-29(27(34)28-23-14-7-13-22(19-23)26(32)33)18-16-24(20-9-3-1-4-10-20)21-11-5-2-6-12-21/h1-7,9-14,19,24H,8,15-18H2,(H,28,34)(H,30,31)(H,32,33). The van der Waals surface area contributed by atoms with Crippen molar-refractivity contribution in [2.75, 3.05) is 18.4 Å². The maximum absolute atomic E-state index is 13.1. The largest absolute Gasteiger partial charge is 0.481 e. The number of urea groups is 1. The fourth-order valence-electron chi connectivity index (χ4n) is 3.85. The van der Waals surface area contributed by atoms with Crippen LogP contribution in [0.15, 0.2) is 84.9 Å². The van der Waals surface area contributed by atoms with Gasteiger partial charge in [-0.15, -0.1) is 0 Å². The summed E-state index contributed by atoms with van der Waals surface area (Å²) in [4.78, 5) is 36.9. The molecule has 34 heavy (non-hydrogen) atoms. The molecule has 176 valence electrons. The van der Waals surface area contributed by atoms with Gasteiger partial charge in [-0.1, -0.05) is 66.7 Å². The molecule has 0 aromatic heterocycles. The van der Waals surface area contributed by atoms with Crippen LogP contribution in [0.25, 0.3) is 0 Å². The number of hydrogen-bond acceptors (Lipinski definition) is 3. The summed E-state index contributed by atoms with van der Waals surface area (Å²) in [5.74, 6) is -1.93. The number of carbonyl (C=O) groups is 3. The number of carboxylic acids is 2. The van der Waals surface area contributed by atoms with Gasteiger partial charge in [-0.2, -0.15) is 0 Å². The molecule has 7 nitrogen and oxygen atoms in total. The second-order valence-corrected chi connectivity index (χ2v) is 7.96. The fraction of sp³-hybridized carbons (Fsp3) is 0.222. The zero-order valence-electron chi connectivity index (χ0n) is 18.8. The highest BCUT2D eigenvalue weighted by Gasteiger charge is 2.19. The molecular weight excluding hydrogens is 432 g/mol. The molecule has 3 rings (SSSR count). The van der Waals surface area contributed by atoms with E-state index in [1.54, 1.807) is 17.0 Å².